The number of likely N-dealkylation sites (tertiary alicyclic amines) is 1. The number of urea groups is 1. The summed E-state index contributed by atoms with van der Waals surface area (Å²) in [5, 5.41) is 16.5. The molecule has 0 saturated carbocycles. The van der Waals surface area contributed by atoms with E-state index in [9.17, 15) is 18.7 Å². The SMILES string of the molecule is [2H]C1([2H])C[C@H](O)C([2H])(C)N1C(=O)Nc1cnn2ccc(N3C([2H])([2H])CC([2H])([2H])[C@]3([2H])c3cc(F)ccc3F)nc12. The van der Waals surface area contributed by atoms with E-state index in [4.69, 9.17) is 11.0 Å². The first-order valence-corrected chi connectivity index (χ1v) is 9.73. The Kier molecular flexibility index (Phi) is 3.33. The van der Waals surface area contributed by atoms with Gasteiger partial charge in [-0.3, -0.25) is 0 Å². The molecule has 2 aliphatic rings. The summed E-state index contributed by atoms with van der Waals surface area (Å²) >= 11 is 0. The molecular formula is C22H24F2N6O2. The number of aliphatic hydroxyl groups is 1. The highest BCUT2D eigenvalue weighted by Crippen LogP contribution is 2.37. The van der Waals surface area contributed by atoms with Crippen molar-refractivity contribution in [3.05, 3.63) is 53.9 Å². The molecule has 2 fully saturated rings. The van der Waals surface area contributed by atoms with Crippen LogP contribution in [-0.2, 0) is 0 Å². The summed E-state index contributed by atoms with van der Waals surface area (Å²) in [5.74, 6) is -2.43. The van der Waals surface area contributed by atoms with Gasteiger partial charge in [-0.1, -0.05) is 0 Å². The minimum absolute atomic E-state index is 0.116. The highest BCUT2D eigenvalue weighted by atomic mass is 19.1. The van der Waals surface area contributed by atoms with Crippen molar-refractivity contribution in [3.8, 4) is 0 Å². The lowest BCUT2D eigenvalue weighted by molar-refractivity contribution is 0.135. The van der Waals surface area contributed by atoms with E-state index in [0.29, 0.717) is 15.9 Å². The van der Waals surface area contributed by atoms with Gasteiger partial charge in [0.2, 0.25) is 0 Å². The monoisotopic (exact) mass is 450 g/mol. The number of aromatic nitrogens is 3. The van der Waals surface area contributed by atoms with Crippen LogP contribution >= 0.6 is 0 Å². The van der Waals surface area contributed by atoms with Crippen molar-refractivity contribution in [2.24, 2.45) is 0 Å². The van der Waals surface area contributed by atoms with Crippen molar-refractivity contribution in [2.75, 3.05) is 23.2 Å². The van der Waals surface area contributed by atoms with E-state index in [0.717, 1.165) is 22.8 Å². The van der Waals surface area contributed by atoms with E-state index in [2.05, 4.69) is 15.4 Å². The molecule has 0 spiro atoms. The van der Waals surface area contributed by atoms with Crippen LogP contribution in [0.3, 0.4) is 0 Å². The summed E-state index contributed by atoms with van der Waals surface area (Å²) in [5.41, 5.74) is -0.995. The average Bonchev–Trinajstić information content (AvgIpc) is 3.32. The molecule has 2 amide bonds. The van der Waals surface area contributed by atoms with Crippen molar-refractivity contribution in [3.63, 3.8) is 0 Å². The maximum absolute atomic E-state index is 14.9. The second-order valence-corrected chi connectivity index (χ2v) is 7.22. The van der Waals surface area contributed by atoms with Crippen molar-refractivity contribution < 1.29 is 29.6 Å². The van der Waals surface area contributed by atoms with E-state index in [1.165, 1.54) is 19.2 Å². The van der Waals surface area contributed by atoms with Crippen LogP contribution in [0.1, 0.15) is 48.7 Å². The number of nitrogens with zero attached hydrogens (tertiary/aromatic N) is 5. The minimum atomic E-state index is -2.81. The zero-order valence-electron chi connectivity index (χ0n) is 24.8. The summed E-state index contributed by atoms with van der Waals surface area (Å²) in [7, 11) is 0. The van der Waals surface area contributed by atoms with Gasteiger partial charge in [-0.2, -0.15) is 5.10 Å². The van der Waals surface area contributed by atoms with Crippen LogP contribution in [-0.4, -0.2) is 55.8 Å². The molecule has 0 aliphatic carbocycles. The molecule has 2 aliphatic heterocycles. The number of nitrogens with one attached hydrogen (secondary N) is 1. The van der Waals surface area contributed by atoms with Crippen molar-refractivity contribution >= 4 is 23.2 Å². The van der Waals surface area contributed by atoms with Crippen LogP contribution in [0.25, 0.3) is 5.65 Å². The Bertz CT molecular complexity index is 1520. The van der Waals surface area contributed by atoms with Crippen molar-refractivity contribution in [1.29, 1.82) is 0 Å². The van der Waals surface area contributed by atoms with Crippen LogP contribution < -0.4 is 10.2 Å². The largest absolute Gasteiger partial charge is 0.391 e. The van der Waals surface area contributed by atoms with E-state index >= 15 is 0 Å². The van der Waals surface area contributed by atoms with Gasteiger partial charge in [0.1, 0.15) is 23.1 Å². The summed E-state index contributed by atoms with van der Waals surface area (Å²) in [4.78, 5) is 18.5. The summed E-state index contributed by atoms with van der Waals surface area (Å²) < 4.78 is 97.7. The molecule has 10 heteroatoms. The van der Waals surface area contributed by atoms with Crippen LogP contribution in [0.5, 0.6) is 0 Å². The summed E-state index contributed by atoms with van der Waals surface area (Å²) in [6.07, 6.45) is -3.16. The van der Waals surface area contributed by atoms with Crippen molar-refractivity contribution in [2.45, 2.75) is 44.3 Å². The quantitative estimate of drug-likeness (QED) is 0.639. The van der Waals surface area contributed by atoms with Crippen LogP contribution in [0.4, 0.5) is 25.1 Å². The van der Waals surface area contributed by atoms with E-state index < -0.39 is 73.6 Å². The molecule has 2 N–H and O–H groups in total. The molecule has 3 atom stereocenters. The van der Waals surface area contributed by atoms with Crippen LogP contribution in [0.15, 0.2) is 36.7 Å². The minimum Gasteiger partial charge on any atom is -0.391 e. The van der Waals surface area contributed by atoms with Gasteiger partial charge in [-0.15, -0.1) is 0 Å². The molecule has 3 aromatic rings. The zero-order valence-corrected chi connectivity index (χ0v) is 16.8. The molecule has 32 heavy (non-hydrogen) atoms. The third kappa shape index (κ3) is 3.54. The van der Waals surface area contributed by atoms with Gasteiger partial charge >= 0.3 is 6.03 Å². The molecule has 1 aromatic carbocycles. The molecule has 8 nitrogen and oxygen atoms in total. The molecule has 1 unspecified atom stereocenters. The third-order valence-corrected chi connectivity index (χ3v) is 5.21. The lowest BCUT2D eigenvalue weighted by atomic mass is 10.0. The first-order valence-electron chi connectivity index (χ1n) is 13.7. The number of benzene rings is 1. The molecule has 2 saturated heterocycles. The number of hydrogen-bond acceptors (Lipinski definition) is 5. The lowest BCUT2D eigenvalue weighted by Gasteiger charge is -2.26. The number of halogens is 2. The normalized spacial score (nSPS) is 36.3. The maximum atomic E-state index is 14.9. The van der Waals surface area contributed by atoms with Crippen LogP contribution in [0, 0.1) is 11.6 Å². The second-order valence-electron chi connectivity index (χ2n) is 7.22. The Hall–Kier alpha value is -3.27. The van der Waals surface area contributed by atoms with Gasteiger partial charge < -0.3 is 20.2 Å². The molecule has 0 radical (unpaired) electrons. The van der Waals surface area contributed by atoms with Crippen LogP contribution in [0.2, 0.25) is 0 Å². The molecule has 168 valence electrons. The van der Waals surface area contributed by atoms with Gasteiger partial charge in [-0.05, 0) is 50.4 Å². The Morgan fingerprint density at radius 1 is 1.34 bits per heavy atom. The first-order chi connectivity index (χ1) is 18.3. The average molecular weight is 451 g/mol. The van der Waals surface area contributed by atoms with E-state index in [1.807, 2.05) is 0 Å². The number of rotatable bonds is 3. The van der Waals surface area contributed by atoms with Gasteiger partial charge in [0.25, 0.3) is 0 Å². The first kappa shape index (κ1) is 13.3. The highest BCUT2D eigenvalue weighted by molar-refractivity contribution is 5.93. The van der Waals surface area contributed by atoms with Gasteiger partial charge in [0.05, 0.1) is 27.1 Å². The molecular weight excluding hydrogens is 418 g/mol. The molecule has 4 heterocycles. The fourth-order valence-electron chi connectivity index (χ4n) is 3.52. The fraction of sp³-hybridized carbons (Fsp3) is 0.409. The Morgan fingerprint density at radius 3 is 2.97 bits per heavy atom. The Morgan fingerprint density at radius 2 is 2.19 bits per heavy atom. The molecule has 2 aromatic heterocycles. The predicted octanol–water partition coefficient (Wildman–Crippen LogP) is 3.34. The topological polar surface area (TPSA) is 86.0 Å². The summed E-state index contributed by atoms with van der Waals surface area (Å²) in [6.45, 7) is -3.79. The summed E-state index contributed by atoms with van der Waals surface area (Å²) in [6, 6.07) is -2.57. The second kappa shape index (κ2) is 8.01. The number of hydrogen-bond donors (Lipinski definition) is 2. The van der Waals surface area contributed by atoms with Crippen molar-refractivity contribution in [1.82, 2.24) is 19.5 Å². The Labute approximate surface area is 194 Å². The number of carbonyl (C=O) groups is 1. The number of carbonyl (C=O) groups excluding carboxylic acids is 1. The van der Waals surface area contributed by atoms with Gasteiger partial charge in [0, 0.05) is 33.0 Å². The molecule has 5 rings (SSSR count). The third-order valence-electron chi connectivity index (χ3n) is 5.21. The predicted molar refractivity (Wildman–Crippen MR) is 114 cm³/mol. The zero-order chi connectivity index (χ0) is 29.6. The number of amides is 2. The number of aliphatic hydroxyl groups excluding tert-OH is 1. The lowest BCUT2D eigenvalue weighted by Crippen LogP contribution is -2.40. The van der Waals surface area contributed by atoms with E-state index in [1.54, 1.807) is 0 Å². The van der Waals surface area contributed by atoms with Gasteiger partial charge in [-0.25, -0.2) is 23.1 Å². The standard InChI is InChI=1S/C22H24F2N6O2/c1-13-19(31)6-9-28(13)22(32)26-17-12-25-30-10-7-20(27-21(17)30)29-8-2-3-18(29)15-11-14(23)4-5-16(15)24/h4-5,7,10-13,18-19,31H,2-3,6,8-9H2,1H3,(H,26,32)/t13?,18-,19+/m1/s1/i3D2,8D2,9D2,13D,18D. The van der Waals surface area contributed by atoms with Gasteiger partial charge in [0.15, 0.2) is 5.65 Å². The highest BCUT2D eigenvalue weighted by Gasteiger charge is 2.33. The smallest absolute Gasteiger partial charge is 0.322 e. The van der Waals surface area contributed by atoms with E-state index in [-0.39, 0.29) is 17.2 Å². The molecule has 0 bridgehead atoms. The maximum Gasteiger partial charge on any atom is 0.322 e. The Balaban J connectivity index is 1.60. The fourth-order valence-corrected chi connectivity index (χ4v) is 3.52. The number of anilines is 2. The number of fused-ring (bicyclic) bond motifs is 1.